The molecule has 0 heterocycles. The van der Waals surface area contributed by atoms with E-state index in [4.69, 9.17) is 5.14 Å². The second-order valence-corrected chi connectivity index (χ2v) is 6.74. The summed E-state index contributed by atoms with van der Waals surface area (Å²) in [6, 6.07) is 14.8. The maximum absolute atomic E-state index is 10.8. The normalized spacial score (nSPS) is 13.5. The third-order valence-corrected chi connectivity index (χ3v) is 4.19. The molecule has 0 unspecified atom stereocenters. The zero-order chi connectivity index (χ0) is 14.6. The van der Waals surface area contributed by atoms with E-state index in [0.717, 1.165) is 0 Å². The summed E-state index contributed by atoms with van der Waals surface area (Å²) in [5, 5.41) is 10.7. The van der Waals surface area contributed by atoms with Crippen LogP contribution in [0.15, 0.2) is 42.5 Å². The average molecular weight is 292 g/mol. The number of hydrogen-bond donors (Lipinski definition) is 2. The van der Waals surface area contributed by atoms with Gasteiger partial charge in [0.15, 0.2) is 0 Å². The fraction of sp³-hybridized carbons (Fsp3) is 0.333. The van der Waals surface area contributed by atoms with E-state index >= 15 is 0 Å². The van der Waals surface area contributed by atoms with Crippen LogP contribution in [-0.4, -0.2) is 20.7 Å². The van der Waals surface area contributed by atoms with Gasteiger partial charge in [0.2, 0.25) is 10.0 Å². The number of nitrogens with two attached hydrogens (primary N) is 1. The molecule has 0 bridgehead atoms. The van der Waals surface area contributed by atoms with Crippen LogP contribution >= 0.6 is 0 Å². The highest BCUT2D eigenvalue weighted by molar-refractivity contribution is 7.89. The van der Waals surface area contributed by atoms with Crippen LogP contribution < -0.4 is 10.5 Å². The Balaban J connectivity index is 1.95. The number of rotatable bonds is 6. The molecule has 0 amide bonds. The van der Waals surface area contributed by atoms with E-state index in [0.29, 0.717) is 13.0 Å². The van der Waals surface area contributed by atoms with Gasteiger partial charge in [-0.25, -0.2) is 13.6 Å². The SMILES string of the molecule is C[C@@H](NCCCS(N)(=O)=O)c1ccc2ccccc2c1. The molecule has 108 valence electrons. The summed E-state index contributed by atoms with van der Waals surface area (Å²) in [7, 11) is -3.36. The molecule has 0 saturated carbocycles. The first-order valence-corrected chi connectivity index (χ1v) is 8.40. The predicted molar refractivity (Wildman–Crippen MR) is 83.0 cm³/mol. The minimum absolute atomic E-state index is 0.0183. The molecule has 2 aromatic rings. The van der Waals surface area contributed by atoms with Crippen LogP contribution in [0.25, 0.3) is 10.8 Å². The van der Waals surface area contributed by atoms with Crippen LogP contribution in [0, 0.1) is 0 Å². The van der Waals surface area contributed by atoms with Gasteiger partial charge in [0.05, 0.1) is 5.75 Å². The molecule has 0 aliphatic heterocycles. The van der Waals surface area contributed by atoms with Crippen molar-refractivity contribution in [2.24, 2.45) is 5.14 Å². The summed E-state index contributed by atoms with van der Waals surface area (Å²) in [6.45, 7) is 2.70. The van der Waals surface area contributed by atoms with E-state index in [1.54, 1.807) is 0 Å². The van der Waals surface area contributed by atoms with Crippen molar-refractivity contribution >= 4 is 20.8 Å². The van der Waals surface area contributed by atoms with Gasteiger partial charge in [0.1, 0.15) is 0 Å². The molecule has 3 N–H and O–H groups in total. The second-order valence-electron chi connectivity index (χ2n) is 5.00. The summed E-state index contributed by atoms with van der Waals surface area (Å²) < 4.78 is 21.7. The van der Waals surface area contributed by atoms with E-state index in [1.165, 1.54) is 16.3 Å². The monoisotopic (exact) mass is 292 g/mol. The lowest BCUT2D eigenvalue weighted by molar-refractivity contribution is 0.561. The topological polar surface area (TPSA) is 72.2 Å². The molecule has 20 heavy (non-hydrogen) atoms. The maximum atomic E-state index is 10.8. The van der Waals surface area contributed by atoms with Crippen molar-refractivity contribution in [1.82, 2.24) is 5.32 Å². The summed E-state index contributed by atoms with van der Waals surface area (Å²) in [5.74, 6) is 0.0183. The van der Waals surface area contributed by atoms with Crippen molar-refractivity contribution in [3.05, 3.63) is 48.0 Å². The Kier molecular flexibility index (Phi) is 4.75. The van der Waals surface area contributed by atoms with E-state index in [2.05, 4.69) is 42.6 Å². The molecule has 2 rings (SSSR count). The first-order valence-electron chi connectivity index (χ1n) is 6.68. The van der Waals surface area contributed by atoms with Crippen LogP contribution in [0.1, 0.15) is 24.9 Å². The van der Waals surface area contributed by atoms with E-state index in [9.17, 15) is 8.42 Å². The van der Waals surface area contributed by atoms with E-state index in [-0.39, 0.29) is 11.8 Å². The highest BCUT2D eigenvalue weighted by Crippen LogP contribution is 2.20. The number of nitrogens with one attached hydrogen (secondary N) is 1. The standard InChI is InChI=1S/C15H20N2O2S/c1-12(17-9-4-10-20(16,18)19)14-8-7-13-5-2-3-6-15(13)11-14/h2-3,5-8,11-12,17H,4,9-10H2,1H3,(H2,16,18,19)/t12-/m1/s1. The number of hydrogen-bond acceptors (Lipinski definition) is 3. The van der Waals surface area contributed by atoms with Gasteiger partial charge in [0.25, 0.3) is 0 Å². The van der Waals surface area contributed by atoms with Gasteiger partial charge in [-0.3, -0.25) is 0 Å². The maximum Gasteiger partial charge on any atom is 0.209 e. The smallest absolute Gasteiger partial charge is 0.209 e. The van der Waals surface area contributed by atoms with Gasteiger partial charge in [-0.05, 0) is 42.3 Å². The molecule has 0 radical (unpaired) electrons. The first kappa shape index (κ1) is 15.0. The van der Waals surface area contributed by atoms with Gasteiger partial charge in [0, 0.05) is 6.04 Å². The molecule has 0 saturated heterocycles. The summed E-state index contributed by atoms with van der Waals surface area (Å²) in [6.07, 6.45) is 0.525. The third kappa shape index (κ3) is 4.30. The van der Waals surface area contributed by atoms with Gasteiger partial charge >= 0.3 is 0 Å². The van der Waals surface area contributed by atoms with Crippen molar-refractivity contribution in [2.75, 3.05) is 12.3 Å². The molecule has 5 heteroatoms. The van der Waals surface area contributed by atoms with E-state index in [1.807, 2.05) is 12.1 Å². The van der Waals surface area contributed by atoms with Crippen LogP contribution in [0.4, 0.5) is 0 Å². The van der Waals surface area contributed by atoms with Crippen molar-refractivity contribution in [1.29, 1.82) is 0 Å². The molecule has 1 atom stereocenters. The van der Waals surface area contributed by atoms with Crippen LogP contribution in [0.3, 0.4) is 0 Å². The lowest BCUT2D eigenvalue weighted by Crippen LogP contribution is -2.24. The van der Waals surface area contributed by atoms with Crippen molar-refractivity contribution < 1.29 is 8.42 Å². The summed E-state index contributed by atoms with van der Waals surface area (Å²) in [4.78, 5) is 0. The van der Waals surface area contributed by atoms with Gasteiger partial charge in [-0.1, -0.05) is 36.4 Å². The Bertz CT molecular complexity index is 683. The van der Waals surface area contributed by atoms with Crippen LogP contribution in [0.2, 0.25) is 0 Å². The Labute approximate surface area is 120 Å². The largest absolute Gasteiger partial charge is 0.310 e. The van der Waals surface area contributed by atoms with Gasteiger partial charge in [-0.2, -0.15) is 0 Å². The minimum atomic E-state index is -3.36. The van der Waals surface area contributed by atoms with Gasteiger partial charge < -0.3 is 5.32 Å². The minimum Gasteiger partial charge on any atom is -0.310 e. The quantitative estimate of drug-likeness (QED) is 0.801. The molecular formula is C15H20N2O2S. The number of primary sulfonamides is 1. The van der Waals surface area contributed by atoms with Crippen LogP contribution in [-0.2, 0) is 10.0 Å². The van der Waals surface area contributed by atoms with E-state index < -0.39 is 10.0 Å². The molecule has 4 nitrogen and oxygen atoms in total. The lowest BCUT2D eigenvalue weighted by Gasteiger charge is -2.14. The molecule has 0 aliphatic rings. The highest BCUT2D eigenvalue weighted by Gasteiger charge is 2.07. The Morgan fingerprint density at radius 3 is 2.55 bits per heavy atom. The van der Waals surface area contributed by atoms with Crippen molar-refractivity contribution in [3.63, 3.8) is 0 Å². The number of fused-ring (bicyclic) bond motifs is 1. The van der Waals surface area contributed by atoms with Crippen LogP contribution in [0.5, 0.6) is 0 Å². The third-order valence-electron chi connectivity index (χ3n) is 3.33. The summed E-state index contributed by atoms with van der Waals surface area (Å²) in [5.41, 5.74) is 1.19. The fourth-order valence-corrected chi connectivity index (χ4v) is 2.73. The molecule has 0 aliphatic carbocycles. The highest BCUT2D eigenvalue weighted by atomic mass is 32.2. The summed E-state index contributed by atoms with van der Waals surface area (Å²) >= 11 is 0. The molecule has 0 spiro atoms. The molecule has 0 aromatic heterocycles. The zero-order valence-electron chi connectivity index (χ0n) is 11.5. The first-order chi connectivity index (χ1) is 9.46. The lowest BCUT2D eigenvalue weighted by atomic mass is 10.0. The fourth-order valence-electron chi connectivity index (χ4n) is 2.19. The average Bonchev–Trinajstić information content (AvgIpc) is 2.42. The number of benzene rings is 2. The van der Waals surface area contributed by atoms with Crippen molar-refractivity contribution in [3.8, 4) is 0 Å². The molecule has 0 fully saturated rings. The molecular weight excluding hydrogens is 272 g/mol. The Morgan fingerprint density at radius 2 is 1.85 bits per heavy atom. The Morgan fingerprint density at radius 1 is 1.15 bits per heavy atom. The molecule has 2 aromatic carbocycles. The second kappa shape index (κ2) is 6.35. The van der Waals surface area contributed by atoms with Crippen molar-refractivity contribution in [2.45, 2.75) is 19.4 Å². The van der Waals surface area contributed by atoms with Gasteiger partial charge in [-0.15, -0.1) is 0 Å². The Hall–Kier alpha value is -1.43. The predicted octanol–water partition coefficient (Wildman–Crippen LogP) is 2.17. The zero-order valence-corrected chi connectivity index (χ0v) is 12.4. The number of sulfonamides is 1.